The molecule has 0 spiro atoms. The molecule has 0 aromatic carbocycles. The van der Waals surface area contributed by atoms with Gasteiger partial charge in [-0.2, -0.15) is 0 Å². The van der Waals surface area contributed by atoms with Gasteiger partial charge in [-0.15, -0.1) is 0 Å². The Balaban J connectivity index is 1.85. The molecule has 36 heavy (non-hydrogen) atoms. The van der Waals surface area contributed by atoms with Crippen molar-refractivity contribution in [3.63, 3.8) is 0 Å². The van der Waals surface area contributed by atoms with E-state index in [1.807, 2.05) is 0 Å². The third-order valence-corrected chi connectivity index (χ3v) is 9.23. The second-order valence-electron chi connectivity index (χ2n) is 11.2. The molecule has 0 radical (unpaired) electrons. The van der Waals surface area contributed by atoms with Gasteiger partial charge in [-0.1, -0.05) is 19.9 Å². The average molecular weight is 517 g/mol. The normalized spacial score (nSPS) is 45.6. The number of aliphatic hydroxyl groups is 1. The maximum absolute atomic E-state index is 17.3. The van der Waals surface area contributed by atoms with Crippen LogP contribution in [0, 0.1) is 28.6 Å². The number of allylic oxidation sites excluding steroid dienone is 4. The Bertz CT molecular complexity index is 1040. The SMILES string of the molecule is CCC(=O)O[C@@]1(C)C[C@H]2[C@@H]3C[C@H](F)C4=C(F)C(=O)C=C[C@]4(C)[C@@]3(F)[C@@H](O)C[C@]2(C)[C@H]1C(=O)OCCF. The fourth-order valence-electron chi connectivity index (χ4n) is 7.82. The lowest BCUT2D eigenvalue weighted by molar-refractivity contribution is -0.207. The Morgan fingerprint density at radius 2 is 1.86 bits per heavy atom. The molecule has 0 heterocycles. The van der Waals surface area contributed by atoms with E-state index >= 15 is 8.78 Å². The molecular weight excluding hydrogens is 484 g/mol. The first-order chi connectivity index (χ1) is 16.7. The number of hydrogen-bond acceptors (Lipinski definition) is 6. The summed E-state index contributed by atoms with van der Waals surface area (Å²) < 4.78 is 71.3. The van der Waals surface area contributed by atoms with Crippen LogP contribution in [0.15, 0.2) is 23.6 Å². The van der Waals surface area contributed by atoms with Crippen molar-refractivity contribution in [1.82, 2.24) is 0 Å². The highest BCUT2D eigenvalue weighted by Crippen LogP contribution is 2.71. The van der Waals surface area contributed by atoms with Gasteiger partial charge in [0.1, 0.15) is 31.0 Å². The van der Waals surface area contributed by atoms with E-state index in [9.17, 15) is 28.3 Å². The highest BCUT2D eigenvalue weighted by atomic mass is 19.2. The van der Waals surface area contributed by atoms with Gasteiger partial charge in [0, 0.05) is 23.3 Å². The molecule has 9 atom stereocenters. The molecule has 1 N–H and O–H groups in total. The number of carbonyl (C=O) groups is 3. The predicted octanol–water partition coefficient (Wildman–Crippen LogP) is 4.05. The molecule has 0 amide bonds. The van der Waals surface area contributed by atoms with Gasteiger partial charge in [-0.3, -0.25) is 14.4 Å². The van der Waals surface area contributed by atoms with Gasteiger partial charge in [0.25, 0.3) is 0 Å². The second-order valence-corrected chi connectivity index (χ2v) is 11.2. The van der Waals surface area contributed by atoms with E-state index in [-0.39, 0.29) is 19.3 Å². The van der Waals surface area contributed by atoms with E-state index < -0.39 is 101 Å². The minimum atomic E-state index is -2.57. The number of ketones is 1. The summed E-state index contributed by atoms with van der Waals surface area (Å²) in [5.74, 6) is -7.05. The van der Waals surface area contributed by atoms with Crippen molar-refractivity contribution in [3.05, 3.63) is 23.6 Å². The molecule has 0 unspecified atom stereocenters. The molecule has 4 aliphatic rings. The molecule has 3 fully saturated rings. The Hall–Kier alpha value is -2.23. The van der Waals surface area contributed by atoms with Crippen LogP contribution in [0.1, 0.15) is 53.4 Å². The van der Waals surface area contributed by atoms with Crippen LogP contribution in [0.3, 0.4) is 0 Å². The van der Waals surface area contributed by atoms with Crippen LogP contribution in [0.4, 0.5) is 17.6 Å². The zero-order chi connectivity index (χ0) is 26.8. The van der Waals surface area contributed by atoms with Crippen molar-refractivity contribution in [1.29, 1.82) is 0 Å². The number of rotatable bonds is 5. The van der Waals surface area contributed by atoms with Crippen LogP contribution in [0.25, 0.3) is 0 Å². The number of esters is 2. The Morgan fingerprint density at radius 1 is 1.19 bits per heavy atom. The molecule has 0 aromatic heterocycles. The van der Waals surface area contributed by atoms with Crippen LogP contribution in [0.2, 0.25) is 0 Å². The van der Waals surface area contributed by atoms with Gasteiger partial charge in [0.05, 0.1) is 6.10 Å². The monoisotopic (exact) mass is 516 g/mol. The second kappa shape index (κ2) is 8.67. The number of fused-ring (bicyclic) bond motifs is 5. The van der Waals surface area contributed by atoms with Crippen LogP contribution >= 0.6 is 0 Å². The highest BCUT2D eigenvalue weighted by Gasteiger charge is 2.76. The molecule has 0 saturated heterocycles. The Labute approximate surface area is 207 Å². The molecule has 0 aromatic rings. The first-order valence-corrected chi connectivity index (χ1v) is 12.3. The van der Waals surface area contributed by atoms with E-state index in [1.165, 1.54) is 13.8 Å². The first-order valence-electron chi connectivity index (χ1n) is 12.3. The summed E-state index contributed by atoms with van der Waals surface area (Å²) in [6.45, 7) is 4.53. The molecule has 3 saturated carbocycles. The summed E-state index contributed by atoms with van der Waals surface area (Å²) in [4.78, 5) is 37.5. The topological polar surface area (TPSA) is 89.9 Å². The average Bonchev–Trinajstić information content (AvgIpc) is 3.03. The first kappa shape index (κ1) is 26.8. The molecule has 0 aliphatic heterocycles. The van der Waals surface area contributed by atoms with Gasteiger partial charge >= 0.3 is 11.9 Å². The van der Waals surface area contributed by atoms with Crippen molar-refractivity contribution in [3.8, 4) is 0 Å². The van der Waals surface area contributed by atoms with E-state index in [0.29, 0.717) is 0 Å². The summed E-state index contributed by atoms with van der Waals surface area (Å²) in [6.07, 6.45) is -2.68. The number of ether oxygens (including phenoxy) is 2. The maximum atomic E-state index is 17.3. The quantitative estimate of drug-likeness (QED) is 0.438. The number of hydrogen-bond donors (Lipinski definition) is 1. The lowest BCUT2D eigenvalue weighted by atomic mass is 9.45. The van der Waals surface area contributed by atoms with Crippen LogP contribution in [-0.2, 0) is 23.9 Å². The molecule has 0 bridgehead atoms. The van der Waals surface area contributed by atoms with E-state index in [2.05, 4.69) is 0 Å². The van der Waals surface area contributed by atoms with Gasteiger partial charge in [0.2, 0.25) is 5.78 Å². The largest absolute Gasteiger partial charge is 0.463 e. The van der Waals surface area contributed by atoms with Gasteiger partial charge < -0.3 is 14.6 Å². The fourth-order valence-corrected chi connectivity index (χ4v) is 7.82. The van der Waals surface area contributed by atoms with Crippen LogP contribution < -0.4 is 0 Å². The highest BCUT2D eigenvalue weighted by molar-refractivity contribution is 6.04. The fraction of sp³-hybridized carbons (Fsp3) is 0.731. The standard InChI is InChI=1S/C26H32F4O6/c1-5-18(33)36-25(4)11-14-13-10-15(28)19-20(29)16(31)6-7-24(19,3)26(13,30)17(32)12-23(14,2)21(25)22(34)35-9-8-27/h6-7,13-15,17,21,32H,5,8-12H2,1-4H3/t13-,14-,15-,17-,21+,23-,24-,25-,26-/m0/s1. The van der Waals surface area contributed by atoms with Crippen molar-refractivity contribution in [2.75, 3.05) is 13.3 Å². The maximum Gasteiger partial charge on any atom is 0.313 e. The van der Waals surface area contributed by atoms with Crippen LogP contribution in [-0.4, -0.2) is 59.7 Å². The number of alkyl halides is 3. The summed E-state index contributed by atoms with van der Waals surface area (Å²) in [7, 11) is 0. The molecule has 6 nitrogen and oxygen atoms in total. The molecule has 200 valence electrons. The summed E-state index contributed by atoms with van der Waals surface area (Å²) in [5.41, 5.74) is -7.83. The minimum absolute atomic E-state index is 0.000793. The molecular formula is C26H32F4O6. The third-order valence-electron chi connectivity index (χ3n) is 9.23. The van der Waals surface area contributed by atoms with Crippen molar-refractivity contribution >= 4 is 17.7 Å². The van der Waals surface area contributed by atoms with Gasteiger partial charge in [-0.25, -0.2) is 17.6 Å². The molecule has 10 heteroatoms. The number of aliphatic hydroxyl groups excluding tert-OH is 1. The number of halogens is 4. The summed E-state index contributed by atoms with van der Waals surface area (Å²) in [5, 5.41) is 11.3. The summed E-state index contributed by atoms with van der Waals surface area (Å²) in [6, 6.07) is 0. The van der Waals surface area contributed by atoms with Crippen molar-refractivity contribution in [2.45, 2.75) is 76.9 Å². The summed E-state index contributed by atoms with van der Waals surface area (Å²) >= 11 is 0. The van der Waals surface area contributed by atoms with Crippen molar-refractivity contribution < 1.29 is 46.5 Å². The van der Waals surface area contributed by atoms with Gasteiger partial charge in [0.15, 0.2) is 11.5 Å². The zero-order valence-electron chi connectivity index (χ0n) is 20.8. The zero-order valence-corrected chi connectivity index (χ0v) is 20.8. The van der Waals surface area contributed by atoms with Crippen molar-refractivity contribution in [2.24, 2.45) is 28.6 Å². The van der Waals surface area contributed by atoms with Gasteiger partial charge in [-0.05, 0) is 50.5 Å². The Kier molecular flexibility index (Phi) is 6.46. The van der Waals surface area contributed by atoms with E-state index in [4.69, 9.17) is 9.47 Å². The smallest absolute Gasteiger partial charge is 0.313 e. The number of carbonyl (C=O) groups excluding carboxylic acids is 3. The lowest BCUT2D eigenvalue weighted by Gasteiger charge is -2.62. The van der Waals surface area contributed by atoms with Crippen LogP contribution in [0.5, 0.6) is 0 Å². The lowest BCUT2D eigenvalue weighted by Crippen LogP contribution is -2.68. The van der Waals surface area contributed by atoms with E-state index in [0.717, 1.165) is 12.2 Å². The Morgan fingerprint density at radius 3 is 2.47 bits per heavy atom. The molecule has 4 rings (SSSR count). The minimum Gasteiger partial charge on any atom is -0.463 e. The van der Waals surface area contributed by atoms with E-state index in [1.54, 1.807) is 13.8 Å². The third kappa shape index (κ3) is 3.42. The molecule has 4 aliphatic carbocycles. The predicted molar refractivity (Wildman–Crippen MR) is 119 cm³/mol.